The number of amides is 2. The van der Waals surface area contributed by atoms with E-state index in [0.29, 0.717) is 6.42 Å². The molecule has 1 unspecified atom stereocenters. The third-order valence-corrected chi connectivity index (χ3v) is 4.10. The fourth-order valence-electron chi connectivity index (χ4n) is 2.93. The lowest BCUT2D eigenvalue weighted by Gasteiger charge is -2.11. The quantitative estimate of drug-likeness (QED) is 0.778. The molecule has 1 atom stereocenters. The fraction of sp³-hybridized carbons (Fsp3) is 0.333. The van der Waals surface area contributed by atoms with Gasteiger partial charge in [-0.3, -0.25) is 9.59 Å². The van der Waals surface area contributed by atoms with Gasteiger partial charge in [0, 0.05) is 23.5 Å². The van der Waals surface area contributed by atoms with Crippen molar-refractivity contribution in [2.75, 3.05) is 18.4 Å². The van der Waals surface area contributed by atoms with Gasteiger partial charge in [-0.25, -0.2) is 0 Å². The average Bonchev–Trinajstić information content (AvgIpc) is 3.06. The lowest BCUT2D eigenvalue weighted by Crippen LogP contribution is -2.36. The number of anilines is 1. The summed E-state index contributed by atoms with van der Waals surface area (Å²) in [6.45, 7) is 0.967. The summed E-state index contributed by atoms with van der Waals surface area (Å²) in [6.07, 6.45) is 2.57. The van der Waals surface area contributed by atoms with Crippen LogP contribution in [0.4, 0.5) is 5.69 Å². The van der Waals surface area contributed by atoms with Crippen LogP contribution in [0.15, 0.2) is 42.5 Å². The van der Waals surface area contributed by atoms with Crippen molar-refractivity contribution >= 4 is 40.7 Å². The Balaban J connectivity index is 0.00000208. The van der Waals surface area contributed by atoms with Crippen LogP contribution in [-0.4, -0.2) is 30.9 Å². The molecule has 24 heavy (non-hydrogen) atoms. The Labute approximate surface area is 147 Å². The van der Waals surface area contributed by atoms with Gasteiger partial charge in [-0.1, -0.05) is 36.4 Å². The number of halogens is 1. The molecule has 1 saturated heterocycles. The second-order valence-corrected chi connectivity index (χ2v) is 5.85. The molecule has 1 aliphatic heterocycles. The Kier molecular flexibility index (Phi) is 6.58. The maximum atomic E-state index is 12.1. The summed E-state index contributed by atoms with van der Waals surface area (Å²) in [5.41, 5.74) is 0.764. The predicted molar refractivity (Wildman–Crippen MR) is 98.5 cm³/mol. The van der Waals surface area contributed by atoms with Gasteiger partial charge in [-0.15, -0.1) is 12.4 Å². The van der Waals surface area contributed by atoms with Crippen molar-refractivity contribution in [3.63, 3.8) is 0 Å². The molecule has 1 heterocycles. The first-order valence-corrected chi connectivity index (χ1v) is 8.00. The first kappa shape index (κ1) is 18.2. The molecule has 0 bridgehead atoms. The van der Waals surface area contributed by atoms with Gasteiger partial charge in [0.1, 0.15) is 0 Å². The minimum atomic E-state index is -0.214. The lowest BCUT2D eigenvalue weighted by atomic mass is 10.1. The summed E-state index contributed by atoms with van der Waals surface area (Å²) >= 11 is 0. The standard InChI is InChI=1S/C18H21N3O2.ClH/c22-17(11-14-7-4-10-19-14)20-12-18(23)21-16-9-3-6-13-5-1-2-8-15(13)16;/h1-3,5-6,8-9,14,19H,4,7,10-12H2,(H,20,22)(H,21,23);1H. The number of fused-ring (bicyclic) bond motifs is 1. The Morgan fingerprint density at radius 1 is 1.08 bits per heavy atom. The van der Waals surface area contributed by atoms with Crippen molar-refractivity contribution in [3.05, 3.63) is 42.5 Å². The van der Waals surface area contributed by atoms with Crippen LogP contribution in [0.3, 0.4) is 0 Å². The van der Waals surface area contributed by atoms with Crippen LogP contribution < -0.4 is 16.0 Å². The van der Waals surface area contributed by atoms with Gasteiger partial charge in [0.2, 0.25) is 11.8 Å². The molecule has 1 aliphatic rings. The molecule has 2 aromatic rings. The first-order valence-electron chi connectivity index (χ1n) is 8.00. The highest BCUT2D eigenvalue weighted by molar-refractivity contribution is 6.03. The van der Waals surface area contributed by atoms with Crippen LogP contribution in [0.25, 0.3) is 10.8 Å². The van der Waals surface area contributed by atoms with E-state index < -0.39 is 0 Å². The van der Waals surface area contributed by atoms with Crippen LogP contribution in [0, 0.1) is 0 Å². The van der Waals surface area contributed by atoms with E-state index >= 15 is 0 Å². The van der Waals surface area contributed by atoms with Crippen molar-refractivity contribution in [3.8, 4) is 0 Å². The highest BCUT2D eigenvalue weighted by Crippen LogP contribution is 2.22. The number of rotatable bonds is 5. The summed E-state index contributed by atoms with van der Waals surface area (Å²) in [7, 11) is 0. The number of benzene rings is 2. The van der Waals surface area contributed by atoms with Crippen LogP contribution >= 0.6 is 12.4 Å². The molecule has 0 aromatic heterocycles. The van der Waals surface area contributed by atoms with Gasteiger partial charge < -0.3 is 16.0 Å². The van der Waals surface area contributed by atoms with Gasteiger partial charge in [-0.2, -0.15) is 0 Å². The lowest BCUT2D eigenvalue weighted by molar-refractivity contribution is -0.124. The third-order valence-electron chi connectivity index (χ3n) is 4.10. The Hall–Kier alpha value is -2.11. The smallest absolute Gasteiger partial charge is 0.243 e. The third kappa shape index (κ3) is 4.69. The summed E-state index contributed by atoms with van der Waals surface area (Å²) in [5, 5.41) is 10.9. The summed E-state index contributed by atoms with van der Waals surface area (Å²) in [6, 6.07) is 13.9. The monoisotopic (exact) mass is 347 g/mol. The molecule has 0 saturated carbocycles. The van der Waals surface area contributed by atoms with E-state index in [2.05, 4.69) is 16.0 Å². The molecular weight excluding hydrogens is 326 g/mol. The first-order chi connectivity index (χ1) is 11.2. The van der Waals surface area contributed by atoms with E-state index in [1.807, 2.05) is 42.5 Å². The molecule has 128 valence electrons. The average molecular weight is 348 g/mol. The van der Waals surface area contributed by atoms with Crippen molar-refractivity contribution < 1.29 is 9.59 Å². The number of nitrogens with one attached hydrogen (secondary N) is 3. The van der Waals surface area contributed by atoms with E-state index in [4.69, 9.17) is 0 Å². The molecule has 0 radical (unpaired) electrons. The van der Waals surface area contributed by atoms with Gasteiger partial charge in [0.05, 0.1) is 6.54 Å². The largest absolute Gasteiger partial charge is 0.347 e. The molecular formula is C18H22ClN3O2. The topological polar surface area (TPSA) is 70.2 Å². The molecule has 3 rings (SSSR count). The predicted octanol–water partition coefficient (Wildman–Crippen LogP) is 2.46. The van der Waals surface area contributed by atoms with Crippen molar-refractivity contribution in [2.45, 2.75) is 25.3 Å². The van der Waals surface area contributed by atoms with Gasteiger partial charge in [-0.05, 0) is 30.8 Å². The number of hydrogen-bond acceptors (Lipinski definition) is 3. The zero-order valence-corrected chi connectivity index (χ0v) is 14.2. The SMILES string of the molecule is Cl.O=C(CC1CCCN1)NCC(=O)Nc1cccc2ccccc12. The van der Waals surface area contributed by atoms with Crippen molar-refractivity contribution in [2.24, 2.45) is 0 Å². The van der Waals surface area contributed by atoms with E-state index in [1.54, 1.807) is 0 Å². The molecule has 2 aromatic carbocycles. The second kappa shape index (κ2) is 8.66. The maximum absolute atomic E-state index is 12.1. The highest BCUT2D eigenvalue weighted by Gasteiger charge is 2.17. The summed E-state index contributed by atoms with van der Waals surface area (Å²) in [4.78, 5) is 23.9. The van der Waals surface area contributed by atoms with Crippen molar-refractivity contribution in [1.29, 1.82) is 0 Å². The van der Waals surface area contributed by atoms with E-state index in [1.165, 1.54) is 0 Å². The minimum absolute atomic E-state index is 0. The van der Waals surface area contributed by atoms with E-state index in [-0.39, 0.29) is 36.8 Å². The fourth-order valence-corrected chi connectivity index (χ4v) is 2.93. The van der Waals surface area contributed by atoms with Gasteiger partial charge in [0.15, 0.2) is 0 Å². The Morgan fingerprint density at radius 3 is 2.67 bits per heavy atom. The maximum Gasteiger partial charge on any atom is 0.243 e. The van der Waals surface area contributed by atoms with Gasteiger partial charge >= 0.3 is 0 Å². The summed E-state index contributed by atoms with van der Waals surface area (Å²) < 4.78 is 0. The molecule has 5 nitrogen and oxygen atoms in total. The van der Waals surface area contributed by atoms with Crippen LogP contribution in [0.1, 0.15) is 19.3 Å². The number of carbonyl (C=O) groups is 2. The van der Waals surface area contributed by atoms with E-state index in [9.17, 15) is 9.59 Å². The van der Waals surface area contributed by atoms with E-state index in [0.717, 1.165) is 35.8 Å². The normalized spacial score (nSPS) is 16.4. The zero-order chi connectivity index (χ0) is 16.1. The molecule has 6 heteroatoms. The molecule has 1 fully saturated rings. The molecule has 3 N–H and O–H groups in total. The van der Waals surface area contributed by atoms with Gasteiger partial charge in [0.25, 0.3) is 0 Å². The van der Waals surface area contributed by atoms with Crippen LogP contribution in [0.2, 0.25) is 0 Å². The Bertz CT molecular complexity index is 709. The zero-order valence-electron chi connectivity index (χ0n) is 13.4. The molecule has 0 spiro atoms. The minimum Gasteiger partial charge on any atom is -0.347 e. The second-order valence-electron chi connectivity index (χ2n) is 5.85. The van der Waals surface area contributed by atoms with Crippen LogP contribution in [-0.2, 0) is 9.59 Å². The number of hydrogen-bond donors (Lipinski definition) is 3. The van der Waals surface area contributed by atoms with Crippen molar-refractivity contribution in [1.82, 2.24) is 10.6 Å². The number of carbonyl (C=O) groups excluding carboxylic acids is 2. The summed E-state index contributed by atoms with van der Waals surface area (Å²) in [5.74, 6) is -0.299. The van der Waals surface area contributed by atoms with Crippen LogP contribution in [0.5, 0.6) is 0 Å². The Morgan fingerprint density at radius 2 is 1.88 bits per heavy atom. The molecule has 2 amide bonds. The molecule has 0 aliphatic carbocycles. The highest BCUT2D eigenvalue weighted by atomic mass is 35.5.